The molecule has 1 aliphatic rings. The van der Waals surface area contributed by atoms with E-state index in [2.05, 4.69) is 20.6 Å². The summed E-state index contributed by atoms with van der Waals surface area (Å²) < 4.78 is 0. The summed E-state index contributed by atoms with van der Waals surface area (Å²) in [6.45, 7) is 3.96. The fourth-order valence-corrected chi connectivity index (χ4v) is 3.34. The van der Waals surface area contributed by atoms with E-state index in [1.165, 1.54) is 38.5 Å². The molecule has 25 heavy (non-hydrogen) atoms. The zero-order valence-corrected chi connectivity index (χ0v) is 15.0. The van der Waals surface area contributed by atoms with Crippen molar-refractivity contribution in [3.63, 3.8) is 0 Å². The minimum absolute atomic E-state index is 0.231. The Morgan fingerprint density at radius 1 is 1.00 bits per heavy atom. The van der Waals surface area contributed by atoms with Gasteiger partial charge in [0.15, 0.2) is 0 Å². The van der Waals surface area contributed by atoms with Crippen LogP contribution < -0.4 is 10.6 Å². The van der Waals surface area contributed by atoms with Crippen LogP contribution in [0.3, 0.4) is 0 Å². The first-order valence-electron chi connectivity index (χ1n) is 9.09. The summed E-state index contributed by atoms with van der Waals surface area (Å²) in [7, 11) is 0. The molecule has 1 aromatic heterocycles. The van der Waals surface area contributed by atoms with Crippen molar-refractivity contribution in [1.82, 2.24) is 9.97 Å². The van der Waals surface area contributed by atoms with Crippen molar-refractivity contribution >= 4 is 17.4 Å². The van der Waals surface area contributed by atoms with Gasteiger partial charge in [-0.25, -0.2) is 9.97 Å². The van der Waals surface area contributed by atoms with E-state index in [9.17, 15) is 4.79 Å². The van der Waals surface area contributed by atoms with Crippen molar-refractivity contribution in [3.8, 4) is 0 Å². The molecule has 1 aliphatic carbocycles. The molecule has 5 heteroatoms. The summed E-state index contributed by atoms with van der Waals surface area (Å²) in [6.07, 6.45) is 10.7. The second-order valence-electron chi connectivity index (χ2n) is 6.84. The van der Waals surface area contributed by atoms with Gasteiger partial charge >= 0.3 is 0 Å². The smallest absolute Gasteiger partial charge is 0.275 e. The number of hydrogen-bond donors (Lipinski definition) is 2. The molecule has 1 saturated carbocycles. The lowest BCUT2D eigenvalue weighted by atomic mass is 10.1. The Hall–Kier alpha value is -2.43. The second kappa shape index (κ2) is 8.10. The quantitative estimate of drug-likeness (QED) is 0.807. The number of hydrogen-bond acceptors (Lipinski definition) is 4. The van der Waals surface area contributed by atoms with Gasteiger partial charge in [-0.1, -0.05) is 43.9 Å². The van der Waals surface area contributed by atoms with Crippen molar-refractivity contribution < 1.29 is 4.79 Å². The Labute approximate surface area is 149 Å². The van der Waals surface area contributed by atoms with Gasteiger partial charge in [-0.15, -0.1) is 0 Å². The molecule has 3 rings (SSSR count). The van der Waals surface area contributed by atoms with Crippen LogP contribution in [0.25, 0.3) is 0 Å². The van der Waals surface area contributed by atoms with Crippen molar-refractivity contribution in [1.29, 1.82) is 0 Å². The van der Waals surface area contributed by atoms with E-state index in [4.69, 9.17) is 0 Å². The van der Waals surface area contributed by atoms with Gasteiger partial charge in [-0.05, 0) is 37.8 Å². The number of benzene rings is 1. The van der Waals surface area contributed by atoms with Gasteiger partial charge in [0.05, 0.1) is 12.4 Å². The van der Waals surface area contributed by atoms with E-state index in [0.717, 1.165) is 22.6 Å². The number of nitrogens with one attached hydrogen (secondary N) is 2. The molecule has 5 nitrogen and oxygen atoms in total. The lowest BCUT2D eigenvalue weighted by Crippen LogP contribution is -2.20. The van der Waals surface area contributed by atoms with Crippen molar-refractivity contribution in [3.05, 3.63) is 47.4 Å². The molecule has 0 radical (unpaired) electrons. The van der Waals surface area contributed by atoms with Gasteiger partial charge in [0.25, 0.3) is 5.91 Å². The number of aromatic nitrogens is 2. The Balaban J connectivity index is 1.64. The monoisotopic (exact) mass is 338 g/mol. The predicted octanol–water partition coefficient (Wildman–Crippen LogP) is 4.48. The number of rotatable bonds is 4. The number of nitrogens with zero attached hydrogens (tertiary/aromatic N) is 2. The van der Waals surface area contributed by atoms with Crippen LogP contribution in [0.4, 0.5) is 11.5 Å². The molecule has 0 unspecified atom stereocenters. The molecule has 0 bridgehead atoms. The highest BCUT2D eigenvalue weighted by Gasteiger charge is 2.14. The third kappa shape index (κ3) is 4.56. The molecule has 0 spiro atoms. The molecular weight excluding hydrogens is 312 g/mol. The van der Waals surface area contributed by atoms with Gasteiger partial charge < -0.3 is 10.6 Å². The largest absolute Gasteiger partial charge is 0.366 e. The summed E-state index contributed by atoms with van der Waals surface area (Å²) in [5, 5.41) is 6.39. The molecule has 0 atom stereocenters. The predicted molar refractivity (Wildman–Crippen MR) is 101 cm³/mol. The maximum atomic E-state index is 12.4. The zero-order valence-electron chi connectivity index (χ0n) is 15.0. The van der Waals surface area contributed by atoms with Crippen LogP contribution in [-0.2, 0) is 0 Å². The molecule has 132 valence electrons. The molecule has 1 amide bonds. The number of carbonyl (C=O) groups excluding carboxylic acids is 1. The standard InChI is InChI=1S/C20H26N4O/c1-14-8-7-9-15(2)19(14)24-20(25)17-12-22-18(13-21-17)23-16-10-5-3-4-6-11-16/h7-9,12-13,16H,3-6,10-11H2,1-2H3,(H,22,23)(H,24,25). The van der Waals surface area contributed by atoms with Gasteiger partial charge in [0.2, 0.25) is 0 Å². The molecule has 0 saturated heterocycles. The van der Waals surface area contributed by atoms with Crippen LogP contribution in [0.15, 0.2) is 30.6 Å². The number of carbonyl (C=O) groups is 1. The first-order valence-corrected chi connectivity index (χ1v) is 9.09. The number of para-hydroxylation sites is 1. The van der Waals surface area contributed by atoms with Crippen LogP contribution in [0.2, 0.25) is 0 Å². The van der Waals surface area contributed by atoms with Crippen molar-refractivity contribution in [2.24, 2.45) is 0 Å². The maximum absolute atomic E-state index is 12.4. The van der Waals surface area contributed by atoms with Crippen LogP contribution in [-0.4, -0.2) is 21.9 Å². The average Bonchev–Trinajstić information content (AvgIpc) is 2.87. The van der Waals surface area contributed by atoms with Crippen molar-refractivity contribution in [2.75, 3.05) is 10.6 Å². The Morgan fingerprint density at radius 2 is 1.68 bits per heavy atom. The average molecular weight is 338 g/mol. The molecule has 2 N–H and O–H groups in total. The van der Waals surface area contributed by atoms with Crippen LogP contribution in [0.1, 0.15) is 60.1 Å². The Kier molecular flexibility index (Phi) is 5.64. The molecule has 0 aliphatic heterocycles. The highest BCUT2D eigenvalue weighted by Crippen LogP contribution is 2.21. The third-order valence-electron chi connectivity index (χ3n) is 4.81. The molecule has 1 fully saturated rings. The summed E-state index contributed by atoms with van der Waals surface area (Å²) in [5.41, 5.74) is 3.24. The van der Waals surface area contributed by atoms with E-state index in [-0.39, 0.29) is 5.91 Å². The first-order chi connectivity index (χ1) is 12.1. The fourth-order valence-electron chi connectivity index (χ4n) is 3.34. The van der Waals surface area contributed by atoms with E-state index >= 15 is 0 Å². The van der Waals surface area contributed by atoms with Gasteiger partial charge in [-0.3, -0.25) is 4.79 Å². The van der Waals surface area contributed by atoms with Crippen molar-refractivity contribution in [2.45, 2.75) is 58.4 Å². The second-order valence-corrected chi connectivity index (χ2v) is 6.84. The minimum atomic E-state index is -0.231. The highest BCUT2D eigenvalue weighted by atomic mass is 16.1. The van der Waals surface area contributed by atoms with Crippen LogP contribution >= 0.6 is 0 Å². The fraction of sp³-hybridized carbons (Fsp3) is 0.450. The molecular formula is C20H26N4O. The van der Waals surface area contributed by atoms with E-state index < -0.39 is 0 Å². The molecule has 1 heterocycles. The summed E-state index contributed by atoms with van der Waals surface area (Å²) in [6, 6.07) is 6.40. The summed E-state index contributed by atoms with van der Waals surface area (Å²) in [5.74, 6) is 0.515. The topological polar surface area (TPSA) is 66.9 Å². The number of amides is 1. The van der Waals surface area contributed by atoms with Gasteiger partial charge in [0, 0.05) is 11.7 Å². The van der Waals surface area contributed by atoms with E-state index in [0.29, 0.717) is 11.7 Å². The lowest BCUT2D eigenvalue weighted by molar-refractivity contribution is 0.102. The highest BCUT2D eigenvalue weighted by molar-refractivity contribution is 6.03. The lowest BCUT2D eigenvalue weighted by Gasteiger charge is -2.16. The summed E-state index contributed by atoms with van der Waals surface area (Å²) >= 11 is 0. The maximum Gasteiger partial charge on any atom is 0.275 e. The van der Waals surface area contributed by atoms with Crippen LogP contribution in [0, 0.1) is 13.8 Å². The SMILES string of the molecule is Cc1cccc(C)c1NC(=O)c1cnc(NC2CCCCCC2)cn1. The van der Waals surface area contributed by atoms with Gasteiger partial charge in [0.1, 0.15) is 11.5 Å². The minimum Gasteiger partial charge on any atom is -0.366 e. The third-order valence-corrected chi connectivity index (χ3v) is 4.81. The number of anilines is 2. The van der Waals surface area contributed by atoms with Gasteiger partial charge in [-0.2, -0.15) is 0 Å². The molecule has 2 aromatic rings. The summed E-state index contributed by atoms with van der Waals surface area (Å²) in [4.78, 5) is 21.1. The Morgan fingerprint density at radius 3 is 2.28 bits per heavy atom. The van der Waals surface area contributed by atoms with E-state index in [1.807, 2.05) is 32.0 Å². The first kappa shape index (κ1) is 17.4. The Bertz CT molecular complexity index is 699. The van der Waals surface area contributed by atoms with Crippen LogP contribution in [0.5, 0.6) is 0 Å². The number of aryl methyl sites for hydroxylation is 2. The zero-order chi connectivity index (χ0) is 17.6. The molecule has 1 aromatic carbocycles. The van der Waals surface area contributed by atoms with E-state index in [1.54, 1.807) is 12.4 Å². The normalized spacial score (nSPS) is 15.4.